The van der Waals surface area contributed by atoms with Gasteiger partial charge in [0.1, 0.15) is 11.6 Å². The van der Waals surface area contributed by atoms with Crippen LogP contribution in [0.25, 0.3) is 10.9 Å². The zero-order chi connectivity index (χ0) is 17.9. The van der Waals surface area contributed by atoms with Gasteiger partial charge in [-0.15, -0.1) is 0 Å². The molecule has 1 saturated heterocycles. The number of ether oxygens (including phenoxy) is 1. The average molecular weight is 351 g/mol. The van der Waals surface area contributed by atoms with Gasteiger partial charge in [0.25, 0.3) is 5.56 Å². The Labute approximate surface area is 151 Å². The van der Waals surface area contributed by atoms with E-state index < -0.39 is 0 Å². The largest absolute Gasteiger partial charge is 0.497 e. The summed E-state index contributed by atoms with van der Waals surface area (Å²) in [6, 6.07) is 5.38. The van der Waals surface area contributed by atoms with E-state index in [1.807, 2.05) is 0 Å². The van der Waals surface area contributed by atoms with Crippen LogP contribution in [0.15, 0.2) is 47.9 Å². The minimum Gasteiger partial charge on any atom is -0.497 e. The van der Waals surface area contributed by atoms with Gasteiger partial charge in [-0.2, -0.15) is 0 Å². The zero-order valence-corrected chi connectivity index (χ0v) is 14.7. The Bertz CT molecular complexity index is 949. The molecule has 1 aliphatic rings. The quantitative estimate of drug-likeness (QED) is 0.717. The lowest BCUT2D eigenvalue weighted by Gasteiger charge is -2.32. The van der Waals surface area contributed by atoms with Crippen molar-refractivity contribution in [1.82, 2.24) is 19.5 Å². The van der Waals surface area contributed by atoms with Crippen LogP contribution in [0.3, 0.4) is 0 Å². The second-order valence-electron chi connectivity index (χ2n) is 6.58. The number of piperidine rings is 1. The summed E-state index contributed by atoms with van der Waals surface area (Å²) in [4.78, 5) is 27.9. The number of benzene rings is 1. The number of hydrogen-bond acceptors (Lipinski definition) is 6. The maximum absolute atomic E-state index is 12.7. The summed E-state index contributed by atoms with van der Waals surface area (Å²) in [6.45, 7) is 2.55. The van der Waals surface area contributed by atoms with Gasteiger partial charge < -0.3 is 9.64 Å². The van der Waals surface area contributed by atoms with Gasteiger partial charge in [-0.1, -0.05) is 0 Å². The molecule has 3 heterocycles. The molecule has 0 saturated carbocycles. The van der Waals surface area contributed by atoms with E-state index in [2.05, 4.69) is 19.9 Å². The highest BCUT2D eigenvalue weighted by atomic mass is 16.5. The number of rotatable bonds is 4. The maximum atomic E-state index is 12.7. The molecule has 0 atom stereocenters. The van der Waals surface area contributed by atoms with Crippen molar-refractivity contribution in [3.05, 3.63) is 53.5 Å². The van der Waals surface area contributed by atoms with Crippen LogP contribution in [-0.4, -0.2) is 39.7 Å². The van der Waals surface area contributed by atoms with Crippen molar-refractivity contribution < 1.29 is 4.74 Å². The third kappa shape index (κ3) is 3.24. The number of hydrogen-bond donors (Lipinski definition) is 0. The number of fused-ring (bicyclic) bond motifs is 1. The Morgan fingerprint density at radius 3 is 2.77 bits per heavy atom. The molecule has 3 aromatic rings. The van der Waals surface area contributed by atoms with Crippen molar-refractivity contribution in [2.24, 2.45) is 5.92 Å². The van der Waals surface area contributed by atoms with Gasteiger partial charge >= 0.3 is 0 Å². The lowest BCUT2D eigenvalue weighted by Crippen LogP contribution is -2.36. The van der Waals surface area contributed by atoms with Gasteiger partial charge in [-0.05, 0) is 30.9 Å². The number of methoxy groups -OCH3 is 1. The SMILES string of the molecule is COc1ccc2c(=O)n(CC3CCN(c4cnccn4)CC3)cnc2c1. The van der Waals surface area contributed by atoms with Crippen molar-refractivity contribution in [1.29, 1.82) is 0 Å². The summed E-state index contributed by atoms with van der Waals surface area (Å²) in [7, 11) is 1.61. The molecule has 0 bridgehead atoms. The van der Waals surface area contributed by atoms with Gasteiger partial charge in [0.15, 0.2) is 0 Å². The maximum Gasteiger partial charge on any atom is 0.261 e. The molecular weight excluding hydrogens is 330 g/mol. The molecule has 4 rings (SSSR count). The predicted octanol–water partition coefficient (Wildman–Crippen LogP) is 2.11. The minimum atomic E-state index is 0.00834. The molecule has 0 aliphatic carbocycles. The van der Waals surface area contributed by atoms with Crippen molar-refractivity contribution in [2.45, 2.75) is 19.4 Å². The Kier molecular flexibility index (Phi) is 4.51. The molecular formula is C19H21N5O2. The first-order valence-electron chi connectivity index (χ1n) is 8.79. The molecule has 134 valence electrons. The fraction of sp³-hybridized carbons (Fsp3) is 0.368. The lowest BCUT2D eigenvalue weighted by atomic mass is 9.96. The summed E-state index contributed by atoms with van der Waals surface area (Å²) in [6.07, 6.45) is 8.89. The summed E-state index contributed by atoms with van der Waals surface area (Å²) >= 11 is 0. The Morgan fingerprint density at radius 2 is 2.04 bits per heavy atom. The third-order valence-electron chi connectivity index (χ3n) is 4.98. The zero-order valence-electron chi connectivity index (χ0n) is 14.7. The first kappa shape index (κ1) is 16.5. The molecule has 1 aliphatic heterocycles. The first-order chi connectivity index (χ1) is 12.7. The van der Waals surface area contributed by atoms with E-state index in [1.165, 1.54) is 0 Å². The van der Waals surface area contributed by atoms with Crippen molar-refractivity contribution in [3.63, 3.8) is 0 Å². The molecule has 7 heteroatoms. The standard InChI is InChI=1S/C19H21N5O2/c1-26-15-2-3-16-17(10-15)22-13-24(19(16)25)12-14-4-8-23(9-5-14)18-11-20-6-7-21-18/h2-3,6-7,10-11,13-14H,4-5,8-9,12H2,1H3. The van der Waals surface area contributed by atoms with Gasteiger partial charge in [0.2, 0.25) is 0 Å². The highest BCUT2D eigenvalue weighted by molar-refractivity contribution is 5.78. The van der Waals surface area contributed by atoms with Crippen molar-refractivity contribution in [3.8, 4) is 5.75 Å². The highest BCUT2D eigenvalue weighted by Crippen LogP contribution is 2.22. The summed E-state index contributed by atoms with van der Waals surface area (Å²) in [5.74, 6) is 2.08. The van der Waals surface area contributed by atoms with Gasteiger partial charge in [0, 0.05) is 38.1 Å². The molecule has 0 unspecified atom stereocenters. The molecule has 7 nitrogen and oxygen atoms in total. The second kappa shape index (κ2) is 7.11. The predicted molar refractivity (Wildman–Crippen MR) is 99.5 cm³/mol. The number of aromatic nitrogens is 4. The van der Waals surface area contributed by atoms with E-state index in [0.29, 0.717) is 29.1 Å². The lowest BCUT2D eigenvalue weighted by molar-refractivity contribution is 0.351. The van der Waals surface area contributed by atoms with Crippen LogP contribution >= 0.6 is 0 Å². The summed E-state index contributed by atoms with van der Waals surface area (Å²) in [5, 5.41) is 0.630. The minimum absolute atomic E-state index is 0.00834. The molecule has 0 N–H and O–H groups in total. The van der Waals surface area contributed by atoms with E-state index in [1.54, 1.807) is 54.8 Å². The average Bonchev–Trinajstić information content (AvgIpc) is 2.71. The molecule has 0 spiro atoms. The van der Waals surface area contributed by atoms with E-state index >= 15 is 0 Å². The van der Waals surface area contributed by atoms with E-state index in [4.69, 9.17) is 4.74 Å². The van der Waals surface area contributed by atoms with Crippen LogP contribution in [0.2, 0.25) is 0 Å². The molecule has 26 heavy (non-hydrogen) atoms. The van der Waals surface area contributed by atoms with Gasteiger partial charge in [-0.25, -0.2) is 9.97 Å². The van der Waals surface area contributed by atoms with Crippen LogP contribution in [-0.2, 0) is 6.54 Å². The van der Waals surface area contributed by atoms with E-state index in [0.717, 1.165) is 31.7 Å². The monoisotopic (exact) mass is 351 g/mol. The normalized spacial score (nSPS) is 15.3. The summed E-state index contributed by atoms with van der Waals surface area (Å²) < 4.78 is 6.93. The van der Waals surface area contributed by atoms with Crippen LogP contribution in [0.5, 0.6) is 5.75 Å². The number of nitrogens with zero attached hydrogens (tertiary/aromatic N) is 5. The highest BCUT2D eigenvalue weighted by Gasteiger charge is 2.21. The van der Waals surface area contributed by atoms with Crippen LogP contribution in [0, 0.1) is 5.92 Å². The smallest absolute Gasteiger partial charge is 0.261 e. The Morgan fingerprint density at radius 1 is 1.19 bits per heavy atom. The molecule has 1 fully saturated rings. The first-order valence-corrected chi connectivity index (χ1v) is 8.79. The molecule has 0 amide bonds. The summed E-state index contributed by atoms with van der Waals surface area (Å²) in [5.41, 5.74) is 0.678. The topological polar surface area (TPSA) is 73.1 Å². The Balaban J connectivity index is 1.47. The third-order valence-corrected chi connectivity index (χ3v) is 4.98. The van der Waals surface area contributed by atoms with Crippen LogP contribution < -0.4 is 15.2 Å². The number of anilines is 1. The Hall–Kier alpha value is -2.96. The van der Waals surface area contributed by atoms with Crippen LogP contribution in [0.4, 0.5) is 5.82 Å². The van der Waals surface area contributed by atoms with Crippen molar-refractivity contribution >= 4 is 16.7 Å². The molecule has 1 aromatic carbocycles. The van der Waals surface area contributed by atoms with Crippen LogP contribution in [0.1, 0.15) is 12.8 Å². The molecule has 0 radical (unpaired) electrons. The fourth-order valence-electron chi connectivity index (χ4n) is 3.47. The fourth-order valence-corrected chi connectivity index (χ4v) is 3.47. The molecule has 2 aromatic heterocycles. The van der Waals surface area contributed by atoms with E-state index in [-0.39, 0.29) is 5.56 Å². The van der Waals surface area contributed by atoms with E-state index in [9.17, 15) is 4.79 Å². The van der Waals surface area contributed by atoms with Gasteiger partial charge in [-0.3, -0.25) is 14.3 Å². The van der Waals surface area contributed by atoms with Gasteiger partial charge in [0.05, 0.1) is 30.5 Å². The second-order valence-corrected chi connectivity index (χ2v) is 6.58. The van der Waals surface area contributed by atoms with Crippen molar-refractivity contribution in [2.75, 3.05) is 25.1 Å².